The summed E-state index contributed by atoms with van der Waals surface area (Å²) in [5.41, 5.74) is 13.6. The SMILES string of the molecule is CC1(C)c2ccccc2-c2ccc3c(c21)c1ccccc1n3-c1cccc(-c2cccc(-c3ccncc3C#N)c2)c1. The standard InChI is InChI=1S/C39H27N3/c1-39(2)34-15-5-3-13-31(34)32-17-18-36-37(38(32)39)33-14-4-6-16-35(33)42(36)29-12-8-10-26(22-29)25-9-7-11-27(21-25)30-19-20-41-24-28(30)23-40/h3-22,24H,1-2H3. The molecule has 0 fully saturated rings. The number of aromatic nitrogens is 2. The molecule has 0 aliphatic heterocycles. The quantitative estimate of drug-likeness (QED) is 0.225. The highest BCUT2D eigenvalue weighted by Crippen LogP contribution is 2.53. The van der Waals surface area contributed by atoms with Gasteiger partial charge < -0.3 is 4.57 Å². The van der Waals surface area contributed by atoms with Crippen molar-refractivity contribution >= 4 is 21.8 Å². The van der Waals surface area contributed by atoms with Crippen LogP contribution in [0.3, 0.4) is 0 Å². The zero-order valence-electron chi connectivity index (χ0n) is 23.5. The number of hydrogen-bond acceptors (Lipinski definition) is 2. The van der Waals surface area contributed by atoms with Crippen LogP contribution in [0.1, 0.15) is 30.5 Å². The number of rotatable bonds is 3. The van der Waals surface area contributed by atoms with Crippen molar-refractivity contribution in [2.75, 3.05) is 0 Å². The molecule has 0 amide bonds. The average molecular weight is 538 g/mol. The number of pyridine rings is 1. The molecule has 0 saturated carbocycles. The summed E-state index contributed by atoms with van der Waals surface area (Å²) in [7, 11) is 0. The van der Waals surface area contributed by atoms with E-state index in [2.05, 4.69) is 139 Å². The first-order chi connectivity index (χ1) is 20.6. The summed E-state index contributed by atoms with van der Waals surface area (Å²) < 4.78 is 2.41. The Hall–Kier alpha value is -5.46. The van der Waals surface area contributed by atoms with E-state index in [0.29, 0.717) is 5.56 Å². The molecule has 0 N–H and O–H groups in total. The molecule has 0 bridgehead atoms. The topological polar surface area (TPSA) is 41.6 Å². The lowest BCUT2D eigenvalue weighted by Crippen LogP contribution is -2.15. The fourth-order valence-corrected chi connectivity index (χ4v) is 7.04. The second-order valence-corrected chi connectivity index (χ2v) is 11.6. The van der Waals surface area contributed by atoms with Crippen molar-refractivity contribution in [3.63, 3.8) is 0 Å². The number of para-hydroxylation sites is 1. The van der Waals surface area contributed by atoms with E-state index in [9.17, 15) is 5.26 Å². The van der Waals surface area contributed by atoms with Gasteiger partial charge in [0.2, 0.25) is 0 Å². The Morgan fingerprint density at radius 1 is 0.667 bits per heavy atom. The number of nitrogens with zero attached hydrogens (tertiary/aromatic N) is 3. The summed E-state index contributed by atoms with van der Waals surface area (Å²) in [6.45, 7) is 4.72. The van der Waals surface area contributed by atoms with Gasteiger partial charge in [0.25, 0.3) is 0 Å². The molecule has 198 valence electrons. The van der Waals surface area contributed by atoms with Crippen molar-refractivity contribution in [3.8, 4) is 45.1 Å². The number of fused-ring (bicyclic) bond motifs is 7. The zero-order chi connectivity index (χ0) is 28.4. The molecule has 0 unspecified atom stereocenters. The van der Waals surface area contributed by atoms with Crippen molar-refractivity contribution in [2.24, 2.45) is 0 Å². The van der Waals surface area contributed by atoms with Crippen molar-refractivity contribution in [1.29, 1.82) is 5.26 Å². The molecule has 3 nitrogen and oxygen atoms in total. The van der Waals surface area contributed by atoms with Gasteiger partial charge in [-0.1, -0.05) is 92.7 Å². The molecule has 7 aromatic rings. The van der Waals surface area contributed by atoms with E-state index in [0.717, 1.165) is 27.9 Å². The van der Waals surface area contributed by atoms with Crippen LogP contribution in [0, 0.1) is 11.3 Å². The monoisotopic (exact) mass is 537 g/mol. The smallest absolute Gasteiger partial charge is 0.101 e. The maximum atomic E-state index is 9.63. The van der Waals surface area contributed by atoms with E-state index < -0.39 is 0 Å². The van der Waals surface area contributed by atoms with Gasteiger partial charge in [-0.15, -0.1) is 0 Å². The van der Waals surface area contributed by atoms with Crippen molar-refractivity contribution in [3.05, 3.63) is 144 Å². The predicted octanol–water partition coefficient (Wildman–Crippen LogP) is 9.69. The highest BCUT2D eigenvalue weighted by atomic mass is 15.0. The Bertz CT molecular complexity index is 2240. The lowest BCUT2D eigenvalue weighted by Gasteiger charge is -2.22. The van der Waals surface area contributed by atoms with Gasteiger partial charge in [-0.25, -0.2) is 0 Å². The van der Waals surface area contributed by atoms with Gasteiger partial charge in [0.05, 0.1) is 16.6 Å². The Morgan fingerprint density at radius 2 is 1.43 bits per heavy atom. The lowest BCUT2D eigenvalue weighted by atomic mass is 9.80. The Labute approximate surface area is 245 Å². The first kappa shape index (κ1) is 24.3. The van der Waals surface area contributed by atoms with E-state index in [-0.39, 0.29) is 5.41 Å². The molecule has 0 spiro atoms. The van der Waals surface area contributed by atoms with Crippen LogP contribution in [0.5, 0.6) is 0 Å². The third-order valence-corrected chi connectivity index (χ3v) is 8.91. The molecular weight excluding hydrogens is 510 g/mol. The maximum Gasteiger partial charge on any atom is 0.101 e. The van der Waals surface area contributed by atoms with Gasteiger partial charge in [-0.2, -0.15) is 5.26 Å². The predicted molar refractivity (Wildman–Crippen MR) is 172 cm³/mol. The number of benzene rings is 5. The Balaban J connectivity index is 1.34. The highest BCUT2D eigenvalue weighted by Gasteiger charge is 2.37. The van der Waals surface area contributed by atoms with Crippen molar-refractivity contribution in [1.82, 2.24) is 9.55 Å². The summed E-state index contributed by atoms with van der Waals surface area (Å²) in [4.78, 5) is 4.13. The zero-order valence-corrected chi connectivity index (χ0v) is 23.5. The largest absolute Gasteiger partial charge is 0.309 e. The summed E-state index contributed by atoms with van der Waals surface area (Å²) in [5.74, 6) is 0. The van der Waals surface area contributed by atoms with Crippen molar-refractivity contribution in [2.45, 2.75) is 19.3 Å². The van der Waals surface area contributed by atoms with Crippen LogP contribution in [0.25, 0.3) is 60.9 Å². The summed E-state index contributed by atoms with van der Waals surface area (Å²) in [6, 6.07) is 43.6. The second-order valence-electron chi connectivity index (χ2n) is 11.6. The molecule has 5 aromatic carbocycles. The lowest BCUT2D eigenvalue weighted by molar-refractivity contribution is 0.666. The maximum absolute atomic E-state index is 9.63. The van der Waals surface area contributed by atoms with E-state index in [1.165, 1.54) is 44.1 Å². The molecule has 1 aliphatic rings. The van der Waals surface area contributed by atoms with Crippen LogP contribution in [0.4, 0.5) is 0 Å². The van der Waals surface area contributed by atoms with Gasteiger partial charge in [0.1, 0.15) is 6.07 Å². The molecule has 0 radical (unpaired) electrons. The minimum absolute atomic E-state index is 0.0993. The van der Waals surface area contributed by atoms with Gasteiger partial charge in [0.15, 0.2) is 0 Å². The van der Waals surface area contributed by atoms with E-state index in [1.54, 1.807) is 12.4 Å². The molecule has 3 heteroatoms. The number of nitriles is 1. The summed E-state index contributed by atoms with van der Waals surface area (Å²) in [5, 5.41) is 12.2. The highest BCUT2D eigenvalue weighted by molar-refractivity contribution is 6.14. The van der Waals surface area contributed by atoms with Crippen LogP contribution >= 0.6 is 0 Å². The molecular formula is C39H27N3. The minimum atomic E-state index is -0.0993. The molecule has 2 aromatic heterocycles. The van der Waals surface area contributed by atoms with Crippen LogP contribution in [-0.2, 0) is 5.41 Å². The normalized spacial score (nSPS) is 13.2. The van der Waals surface area contributed by atoms with E-state index >= 15 is 0 Å². The molecule has 8 rings (SSSR count). The molecule has 2 heterocycles. The van der Waals surface area contributed by atoms with Gasteiger partial charge in [-0.3, -0.25) is 4.98 Å². The fourth-order valence-electron chi connectivity index (χ4n) is 7.04. The second kappa shape index (κ2) is 9.03. The third kappa shape index (κ3) is 3.42. The third-order valence-electron chi connectivity index (χ3n) is 8.91. The summed E-state index contributed by atoms with van der Waals surface area (Å²) in [6.07, 6.45) is 3.36. The van der Waals surface area contributed by atoms with Gasteiger partial charge in [0, 0.05) is 39.8 Å². The van der Waals surface area contributed by atoms with Crippen LogP contribution in [-0.4, -0.2) is 9.55 Å². The van der Waals surface area contributed by atoms with E-state index in [1.807, 2.05) is 6.07 Å². The van der Waals surface area contributed by atoms with Gasteiger partial charge in [-0.05, 0) is 75.3 Å². The molecule has 1 aliphatic carbocycles. The average Bonchev–Trinajstić information content (AvgIpc) is 3.50. The fraction of sp³-hybridized carbons (Fsp3) is 0.0769. The molecule has 0 atom stereocenters. The minimum Gasteiger partial charge on any atom is -0.309 e. The van der Waals surface area contributed by atoms with E-state index in [4.69, 9.17) is 0 Å². The van der Waals surface area contributed by atoms with Crippen LogP contribution in [0.15, 0.2) is 128 Å². The molecule has 0 saturated heterocycles. The van der Waals surface area contributed by atoms with Gasteiger partial charge >= 0.3 is 0 Å². The Kier molecular flexibility index (Phi) is 5.23. The van der Waals surface area contributed by atoms with Crippen LogP contribution in [0.2, 0.25) is 0 Å². The summed E-state index contributed by atoms with van der Waals surface area (Å²) >= 11 is 0. The Morgan fingerprint density at radius 3 is 2.31 bits per heavy atom. The van der Waals surface area contributed by atoms with Crippen LogP contribution < -0.4 is 0 Å². The first-order valence-electron chi connectivity index (χ1n) is 14.3. The first-order valence-corrected chi connectivity index (χ1v) is 14.3. The molecule has 42 heavy (non-hydrogen) atoms. The van der Waals surface area contributed by atoms with Crippen molar-refractivity contribution < 1.29 is 0 Å². The number of hydrogen-bond donors (Lipinski definition) is 0.